The summed E-state index contributed by atoms with van der Waals surface area (Å²) >= 11 is 1.27. The Kier molecular flexibility index (Phi) is 6.93. The summed E-state index contributed by atoms with van der Waals surface area (Å²) in [6, 6.07) is 1.86. The summed E-state index contributed by atoms with van der Waals surface area (Å²) in [5.41, 5.74) is 0.867. The minimum Gasteiger partial charge on any atom is -0.477 e. The van der Waals surface area contributed by atoms with Crippen LogP contribution >= 0.6 is 11.3 Å². The summed E-state index contributed by atoms with van der Waals surface area (Å²) < 4.78 is 5.44. The number of hydrogen-bond acceptors (Lipinski definition) is 4. The summed E-state index contributed by atoms with van der Waals surface area (Å²) in [6.07, 6.45) is 2.36. The molecule has 1 aromatic heterocycles. The number of nitrogens with one attached hydrogen (secondary N) is 1. The van der Waals surface area contributed by atoms with Gasteiger partial charge in [0.1, 0.15) is 4.88 Å². The molecule has 5 heteroatoms. The van der Waals surface area contributed by atoms with Gasteiger partial charge in [0, 0.05) is 13.2 Å². The molecule has 18 heavy (non-hydrogen) atoms. The number of hydrogen-bond donors (Lipinski definition) is 2. The maximum absolute atomic E-state index is 10.9. The van der Waals surface area contributed by atoms with Crippen molar-refractivity contribution in [3.8, 4) is 0 Å². The lowest BCUT2D eigenvalue weighted by Crippen LogP contribution is -2.16. The Labute approximate surface area is 112 Å². The number of carboxylic acid groups (broad SMARTS) is 1. The maximum Gasteiger partial charge on any atom is 0.346 e. The van der Waals surface area contributed by atoms with Crippen LogP contribution in [0, 0.1) is 0 Å². The monoisotopic (exact) mass is 271 g/mol. The highest BCUT2D eigenvalue weighted by Gasteiger charge is 2.10. The third-order valence-electron chi connectivity index (χ3n) is 2.46. The molecule has 0 saturated heterocycles. The predicted octanol–water partition coefficient (Wildman–Crippen LogP) is 2.74. The Balaban J connectivity index is 2.11. The molecule has 0 spiro atoms. The van der Waals surface area contributed by atoms with Crippen molar-refractivity contribution in [3.05, 3.63) is 21.9 Å². The van der Waals surface area contributed by atoms with E-state index in [1.165, 1.54) is 11.3 Å². The van der Waals surface area contributed by atoms with E-state index in [0.717, 1.165) is 31.6 Å². The van der Waals surface area contributed by atoms with E-state index >= 15 is 0 Å². The van der Waals surface area contributed by atoms with Crippen molar-refractivity contribution < 1.29 is 14.6 Å². The third kappa shape index (κ3) is 5.62. The van der Waals surface area contributed by atoms with Crippen LogP contribution < -0.4 is 5.32 Å². The Morgan fingerprint density at radius 2 is 2.28 bits per heavy atom. The standard InChI is InChI=1S/C13H21NO3S/c1-10(2)17-7-4-3-6-14-9-11-5-8-18-12(11)13(15)16/h5,8,10,14H,3-4,6-7,9H2,1-2H3,(H,15,16). The lowest BCUT2D eigenvalue weighted by molar-refractivity contribution is 0.0701. The van der Waals surface area contributed by atoms with Gasteiger partial charge in [-0.05, 0) is 50.2 Å². The van der Waals surface area contributed by atoms with Crippen LogP contribution in [-0.4, -0.2) is 30.3 Å². The molecule has 0 bridgehead atoms. The van der Waals surface area contributed by atoms with Gasteiger partial charge in [-0.2, -0.15) is 0 Å². The van der Waals surface area contributed by atoms with Gasteiger partial charge in [0.05, 0.1) is 6.10 Å². The van der Waals surface area contributed by atoms with E-state index in [9.17, 15) is 4.79 Å². The topological polar surface area (TPSA) is 58.6 Å². The van der Waals surface area contributed by atoms with Crippen LogP contribution in [-0.2, 0) is 11.3 Å². The quantitative estimate of drug-likeness (QED) is 0.678. The summed E-state index contributed by atoms with van der Waals surface area (Å²) in [6.45, 7) is 6.36. The van der Waals surface area contributed by atoms with Gasteiger partial charge in [0.15, 0.2) is 0 Å². The van der Waals surface area contributed by atoms with E-state index in [2.05, 4.69) is 5.32 Å². The average molecular weight is 271 g/mol. The molecule has 0 saturated carbocycles. The van der Waals surface area contributed by atoms with Crippen molar-refractivity contribution in [1.29, 1.82) is 0 Å². The number of rotatable bonds is 9. The maximum atomic E-state index is 10.9. The lowest BCUT2D eigenvalue weighted by Gasteiger charge is -2.07. The van der Waals surface area contributed by atoms with Crippen molar-refractivity contribution >= 4 is 17.3 Å². The minimum atomic E-state index is -0.841. The molecular weight excluding hydrogens is 250 g/mol. The zero-order valence-corrected chi connectivity index (χ0v) is 11.8. The van der Waals surface area contributed by atoms with Crippen molar-refractivity contribution in [2.24, 2.45) is 0 Å². The molecule has 0 amide bonds. The third-order valence-corrected chi connectivity index (χ3v) is 3.40. The summed E-state index contributed by atoms with van der Waals surface area (Å²) in [4.78, 5) is 11.3. The molecule has 1 heterocycles. The molecule has 1 rings (SSSR count). The van der Waals surface area contributed by atoms with Gasteiger partial charge in [-0.25, -0.2) is 4.79 Å². The van der Waals surface area contributed by atoms with Gasteiger partial charge in [0.25, 0.3) is 0 Å². The summed E-state index contributed by atoms with van der Waals surface area (Å²) in [5, 5.41) is 14.0. The predicted molar refractivity (Wildman–Crippen MR) is 73.3 cm³/mol. The SMILES string of the molecule is CC(C)OCCCCNCc1ccsc1C(=O)O. The first-order valence-corrected chi connectivity index (χ1v) is 7.11. The molecule has 0 aliphatic heterocycles. The van der Waals surface area contributed by atoms with Gasteiger partial charge < -0.3 is 15.2 Å². The molecule has 1 aromatic rings. The van der Waals surface area contributed by atoms with Crippen molar-refractivity contribution in [3.63, 3.8) is 0 Å². The van der Waals surface area contributed by atoms with E-state index in [1.54, 1.807) is 0 Å². The van der Waals surface area contributed by atoms with E-state index in [-0.39, 0.29) is 0 Å². The molecule has 0 radical (unpaired) electrons. The highest BCUT2D eigenvalue weighted by atomic mass is 32.1. The number of carbonyl (C=O) groups is 1. The fourth-order valence-electron chi connectivity index (χ4n) is 1.56. The molecule has 0 aliphatic rings. The van der Waals surface area contributed by atoms with Gasteiger partial charge >= 0.3 is 5.97 Å². The molecule has 0 atom stereocenters. The number of carboxylic acids is 1. The van der Waals surface area contributed by atoms with Crippen molar-refractivity contribution in [2.45, 2.75) is 39.3 Å². The number of thiophene rings is 1. The van der Waals surface area contributed by atoms with Crippen LogP contribution in [0.5, 0.6) is 0 Å². The molecule has 0 aliphatic carbocycles. The second-order valence-corrected chi connectivity index (χ2v) is 5.30. The zero-order chi connectivity index (χ0) is 13.4. The smallest absolute Gasteiger partial charge is 0.346 e. The first kappa shape index (κ1) is 15.1. The fourth-order valence-corrected chi connectivity index (χ4v) is 2.32. The highest BCUT2D eigenvalue weighted by Crippen LogP contribution is 2.16. The number of aromatic carboxylic acids is 1. The van der Waals surface area contributed by atoms with Crippen LogP contribution in [0.15, 0.2) is 11.4 Å². The van der Waals surface area contributed by atoms with Gasteiger partial charge in [-0.3, -0.25) is 0 Å². The molecule has 0 unspecified atom stereocenters. The first-order chi connectivity index (χ1) is 8.61. The Hall–Kier alpha value is -0.910. The van der Waals surface area contributed by atoms with E-state index in [0.29, 0.717) is 17.5 Å². The number of unbranched alkanes of at least 4 members (excludes halogenated alkanes) is 1. The molecule has 102 valence electrons. The summed E-state index contributed by atoms with van der Waals surface area (Å²) in [7, 11) is 0. The van der Waals surface area contributed by atoms with Crippen LogP contribution in [0.2, 0.25) is 0 Å². The second-order valence-electron chi connectivity index (χ2n) is 4.38. The van der Waals surface area contributed by atoms with Crippen LogP contribution in [0.4, 0.5) is 0 Å². The van der Waals surface area contributed by atoms with Gasteiger partial charge in [-0.1, -0.05) is 0 Å². The van der Waals surface area contributed by atoms with Gasteiger partial charge in [-0.15, -0.1) is 11.3 Å². The molecule has 4 nitrogen and oxygen atoms in total. The lowest BCUT2D eigenvalue weighted by atomic mass is 10.2. The Morgan fingerprint density at radius 1 is 1.50 bits per heavy atom. The van der Waals surface area contributed by atoms with Crippen molar-refractivity contribution in [1.82, 2.24) is 5.32 Å². The average Bonchev–Trinajstić information content (AvgIpc) is 2.75. The van der Waals surface area contributed by atoms with Gasteiger partial charge in [0.2, 0.25) is 0 Å². The van der Waals surface area contributed by atoms with Crippen LogP contribution in [0.1, 0.15) is 41.9 Å². The zero-order valence-electron chi connectivity index (χ0n) is 10.9. The molecular formula is C13H21NO3S. The normalized spacial score (nSPS) is 11.1. The van der Waals surface area contributed by atoms with Crippen molar-refractivity contribution in [2.75, 3.05) is 13.2 Å². The minimum absolute atomic E-state index is 0.293. The Bertz CT molecular complexity index is 363. The second kappa shape index (κ2) is 8.24. The van der Waals surface area contributed by atoms with E-state index in [4.69, 9.17) is 9.84 Å². The molecule has 2 N–H and O–H groups in total. The summed E-state index contributed by atoms with van der Waals surface area (Å²) in [5.74, 6) is -0.841. The fraction of sp³-hybridized carbons (Fsp3) is 0.615. The largest absolute Gasteiger partial charge is 0.477 e. The van der Waals surface area contributed by atoms with Crippen LogP contribution in [0.25, 0.3) is 0 Å². The van der Waals surface area contributed by atoms with E-state index < -0.39 is 5.97 Å². The van der Waals surface area contributed by atoms with Crippen LogP contribution in [0.3, 0.4) is 0 Å². The number of ether oxygens (including phenoxy) is 1. The van der Waals surface area contributed by atoms with E-state index in [1.807, 2.05) is 25.3 Å². The molecule has 0 fully saturated rings. The molecule has 0 aromatic carbocycles. The Morgan fingerprint density at radius 3 is 2.94 bits per heavy atom. The highest BCUT2D eigenvalue weighted by molar-refractivity contribution is 7.12. The first-order valence-electron chi connectivity index (χ1n) is 6.23.